The molecule has 2 aromatic rings. The number of benzene rings is 1. The van der Waals surface area contributed by atoms with Crippen LogP contribution in [0.3, 0.4) is 0 Å². The van der Waals surface area contributed by atoms with Crippen molar-refractivity contribution in [3.63, 3.8) is 0 Å². The molecule has 1 atom stereocenters. The quantitative estimate of drug-likeness (QED) is 0.716. The lowest BCUT2D eigenvalue weighted by Gasteiger charge is -2.22. The fraction of sp³-hybridized carbons (Fsp3) is 0.438. The Kier molecular flexibility index (Phi) is 4.42. The predicted molar refractivity (Wildman–Crippen MR) is 97.6 cm³/mol. The van der Waals surface area contributed by atoms with E-state index in [1.54, 1.807) is 4.90 Å². The van der Waals surface area contributed by atoms with E-state index in [1.807, 2.05) is 6.07 Å². The summed E-state index contributed by atoms with van der Waals surface area (Å²) in [6.07, 6.45) is 2.18. The van der Waals surface area contributed by atoms with Crippen LogP contribution in [0.25, 0.3) is 10.9 Å². The molecule has 0 spiro atoms. The SMILES string of the molecule is Cl.N#Cc1c(N2CCC(N)C2)c(F)cc2c(=O)n(N)c(=O)n(C3CC3)c12. The van der Waals surface area contributed by atoms with Crippen molar-refractivity contribution >= 4 is 29.0 Å². The Labute approximate surface area is 153 Å². The molecule has 138 valence electrons. The van der Waals surface area contributed by atoms with E-state index in [1.165, 1.54) is 4.57 Å². The zero-order valence-electron chi connectivity index (χ0n) is 13.8. The maximum absolute atomic E-state index is 14.8. The predicted octanol–water partition coefficient (Wildman–Crippen LogP) is 0.182. The molecule has 1 saturated carbocycles. The molecule has 2 heterocycles. The summed E-state index contributed by atoms with van der Waals surface area (Å²) in [5.74, 6) is 4.89. The van der Waals surface area contributed by atoms with Gasteiger partial charge in [0.2, 0.25) is 0 Å². The first-order valence-corrected chi connectivity index (χ1v) is 8.13. The minimum atomic E-state index is -0.808. The summed E-state index contributed by atoms with van der Waals surface area (Å²) in [5, 5.41) is 9.65. The summed E-state index contributed by atoms with van der Waals surface area (Å²) >= 11 is 0. The molecular formula is C16H18ClFN6O2. The Balaban J connectivity index is 0.00000196. The molecular weight excluding hydrogens is 363 g/mol. The molecule has 1 aromatic heterocycles. The topological polar surface area (TPSA) is 123 Å². The van der Waals surface area contributed by atoms with Crippen molar-refractivity contribution in [2.24, 2.45) is 5.73 Å². The molecule has 1 aliphatic carbocycles. The first kappa shape index (κ1) is 18.2. The van der Waals surface area contributed by atoms with Crippen LogP contribution < -0.4 is 27.7 Å². The van der Waals surface area contributed by atoms with Gasteiger partial charge in [0.15, 0.2) is 0 Å². The molecule has 1 aliphatic heterocycles. The molecule has 1 aromatic carbocycles. The monoisotopic (exact) mass is 380 g/mol. The van der Waals surface area contributed by atoms with Gasteiger partial charge in [-0.2, -0.15) is 9.94 Å². The smallest absolute Gasteiger partial charge is 0.350 e. The second kappa shape index (κ2) is 6.30. The number of nitrogens with two attached hydrogens (primary N) is 2. The lowest BCUT2D eigenvalue weighted by molar-refractivity contribution is 0.619. The van der Waals surface area contributed by atoms with Gasteiger partial charge in [0.25, 0.3) is 5.56 Å². The molecule has 0 amide bonds. The number of halogens is 2. The van der Waals surface area contributed by atoms with E-state index in [0.29, 0.717) is 24.2 Å². The number of hydrogen-bond donors (Lipinski definition) is 2. The van der Waals surface area contributed by atoms with Gasteiger partial charge in [0.05, 0.1) is 16.6 Å². The average molecular weight is 381 g/mol. The highest BCUT2D eigenvalue weighted by molar-refractivity contribution is 5.90. The maximum atomic E-state index is 14.8. The number of nitrogen functional groups attached to an aromatic ring is 1. The van der Waals surface area contributed by atoms with E-state index in [9.17, 15) is 19.2 Å². The molecule has 2 fully saturated rings. The minimum absolute atomic E-state index is 0. The largest absolute Gasteiger partial charge is 0.366 e. The van der Waals surface area contributed by atoms with Crippen LogP contribution in [0.4, 0.5) is 10.1 Å². The average Bonchev–Trinajstić information content (AvgIpc) is 3.33. The highest BCUT2D eigenvalue weighted by Gasteiger charge is 2.32. The Morgan fingerprint density at radius 2 is 1.96 bits per heavy atom. The molecule has 1 saturated heterocycles. The van der Waals surface area contributed by atoms with Crippen LogP contribution in [0.1, 0.15) is 30.9 Å². The van der Waals surface area contributed by atoms with Crippen LogP contribution in [-0.4, -0.2) is 28.4 Å². The third kappa shape index (κ3) is 2.53. The van der Waals surface area contributed by atoms with Crippen LogP contribution in [0.5, 0.6) is 0 Å². The van der Waals surface area contributed by atoms with E-state index < -0.39 is 17.1 Å². The molecule has 10 heteroatoms. The maximum Gasteiger partial charge on any atom is 0.350 e. The van der Waals surface area contributed by atoms with Gasteiger partial charge in [-0.15, -0.1) is 12.4 Å². The van der Waals surface area contributed by atoms with Crippen molar-refractivity contribution in [3.05, 3.63) is 38.3 Å². The molecule has 8 nitrogen and oxygen atoms in total. The van der Waals surface area contributed by atoms with E-state index in [-0.39, 0.29) is 46.6 Å². The lowest BCUT2D eigenvalue weighted by Crippen LogP contribution is -2.44. The number of nitrogens with zero attached hydrogens (tertiary/aromatic N) is 4. The van der Waals surface area contributed by atoms with Crippen molar-refractivity contribution in [1.29, 1.82) is 5.26 Å². The fourth-order valence-electron chi connectivity index (χ4n) is 3.55. The van der Waals surface area contributed by atoms with Crippen molar-refractivity contribution in [3.8, 4) is 6.07 Å². The molecule has 2 aliphatic rings. The van der Waals surface area contributed by atoms with Crippen LogP contribution in [0.15, 0.2) is 15.7 Å². The highest BCUT2D eigenvalue weighted by atomic mass is 35.5. The number of nitriles is 1. The molecule has 0 radical (unpaired) electrons. The number of hydrogen-bond acceptors (Lipinski definition) is 6. The first-order valence-electron chi connectivity index (χ1n) is 8.13. The number of fused-ring (bicyclic) bond motifs is 1. The summed E-state index contributed by atoms with van der Waals surface area (Å²) in [4.78, 5) is 26.6. The molecule has 0 bridgehead atoms. The summed E-state index contributed by atoms with van der Waals surface area (Å²) in [6, 6.07) is 2.83. The Morgan fingerprint density at radius 3 is 2.50 bits per heavy atom. The van der Waals surface area contributed by atoms with Gasteiger partial charge in [-0.1, -0.05) is 0 Å². The second-order valence-electron chi connectivity index (χ2n) is 6.64. The van der Waals surface area contributed by atoms with Crippen LogP contribution in [0, 0.1) is 17.1 Å². The highest BCUT2D eigenvalue weighted by Crippen LogP contribution is 2.38. The van der Waals surface area contributed by atoms with E-state index in [2.05, 4.69) is 0 Å². The second-order valence-corrected chi connectivity index (χ2v) is 6.64. The minimum Gasteiger partial charge on any atom is -0.366 e. The van der Waals surface area contributed by atoms with Crippen molar-refractivity contribution in [2.75, 3.05) is 23.8 Å². The number of anilines is 1. The Hall–Kier alpha value is -2.57. The molecule has 4 N–H and O–H groups in total. The van der Waals surface area contributed by atoms with E-state index >= 15 is 0 Å². The number of rotatable bonds is 2. The summed E-state index contributed by atoms with van der Waals surface area (Å²) < 4.78 is 16.6. The van der Waals surface area contributed by atoms with Crippen molar-refractivity contribution in [1.82, 2.24) is 9.24 Å². The number of aromatic nitrogens is 2. The van der Waals surface area contributed by atoms with Crippen LogP contribution in [0.2, 0.25) is 0 Å². The van der Waals surface area contributed by atoms with Gasteiger partial charge in [-0.25, -0.2) is 9.18 Å². The van der Waals surface area contributed by atoms with Gasteiger partial charge in [0.1, 0.15) is 17.4 Å². The first-order chi connectivity index (χ1) is 11.9. The van der Waals surface area contributed by atoms with Crippen molar-refractivity contribution < 1.29 is 4.39 Å². The third-order valence-corrected chi connectivity index (χ3v) is 4.89. The van der Waals surface area contributed by atoms with E-state index in [4.69, 9.17) is 11.6 Å². The van der Waals surface area contributed by atoms with Gasteiger partial charge >= 0.3 is 5.69 Å². The van der Waals surface area contributed by atoms with Crippen molar-refractivity contribution in [2.45, 2.75) is 31.3 Å². The van der Waals surface area contributed by atoms with E-state index in [0.717, 1.165) is 18.9 Å². The molecule has 4 rings (SSSR count). The zero-order chi connectivity index (χ0) is 17.9. The molecule has 26 heavy (non-hydrogen) atoms. The standard InChI is InChI=1S/C16H17FN6O2.ClH/c17-12-5-10-13(11(6-18)14(12)21-4-3-8(19)7-21)22(9-1-2-9)16(25)23(20)15(10)24;/h5,8-9H,1-4,7,19-20H2;1H. The van der Waals surface area contributed by atoms with Gasteiger partial charge in [-0.3, -0.25) is 9.36 Å². The summed E-state index contributed by atoms with van der Waals surface area (Å²) in [6.45, 7) is 0.929. The Morgan fingerprint density at radius 1 is 1.27 bits per heavy atom. The van der Waals surface area contributed by atoms with Gasteiger partial charge in [0, 0.05) is 25.2 Å². The summed E-state index contributed by atoms with van der Waals surface area (Å²) in [7, 11) is 0. The fourth-order valence-corrected chi connectivity index (χ4v) is 3.55. The lowest BCUT2D eigenvalue weighted by atomic mass is 10.1. The van der Waals surface area contributed by atoms with Gasteiger partial charge < -0.3 is 16.5 Å². The van der Waals surface area contributed by atoms with Crippen LogP contribution >= 0.6 is 12.4 Å². The Bertz CT molecular complexity index is 1050. The van der Waals surface area contributed by atoms with Crippen LogP contribution in [-0.2, 0) is 0 Å². The normalized spacial score (nSPS) is 19.4. The molecule has 1 unspecified atom stereocenters. The summed E-state index contributed by atoms with van der Waals surface area (Å²) in [5.41, 5.74) is 4.66. The van der Waals surface area contributed by atoms with Gasteiger partial charge in [-0.05, 0) is 25.3 Å². The third-order valence-electron chi connectivity index (χ3n) is 4.89. The zero-order valence-corrected chi connectivity index (χ0v) is 14.6.